The number of nitrogens with one attached hydrogen (secondary N) is 1. The van der Waals surface area contributed by atoms with Gasteiger partial charge in [-0.1, -0.05) is 66.7 Å². The van der Waals surface area contributed by atoms with Crippen molar-refractivity contribution >= 4 is 35.6 Å². The van der Waals surface area contributed by atoms with Gasteiger partial charge in [0.2, 0.25) is 0 Å². The summed E-state index contributed by atoms with van der Waals surface area (Å²) in [6.45, 7) is 0.509. The number of amides is 4. The highest BCUT2D eigenvalue weighted by Gasteiger charge is 2.36. The molecular weight excluding hydrogens is 524 g/mol. The van der Waals surface area contributed by atoms with Gasteiger partial charge in [-0.05, 0) is 59.2 Å². The Morgan fingerprint density at radius 1 is 0.780 bits per heavy atom. The number of aromatic carboxylic acids is 1. The molecule has 0 saturated carbocycles. The van der Waals surface area contributed by atoms with Gasteiger partial charge in [-0.25, -0.2) is 14.5 Å². The largest absolute Gasteiger partial charge is 0.489 e. The highest BCUT2D eigenvalue weighted by atomic mass is 16.5. The Morgan fingerprint density at radius 2 is 1.39 bits per heavy atom. The molecule has 0 aliphatic carbocycles. The average Bonchev–Trinajstić information content (AvgIpc) is 2.99. The van der Waals surface area contributed by atoms with Crippen molar-refractivity contribution in [2.75, 3.05) is 4.90 Å². The van der Waals surface area contributed by atoms with Crippen LogP contribution in [0.2, 0.25) is 0 Å². The van der Waals surface area contributed by atoms with Crippen LogP contribution in [0.5, 0.6) is 11.5 Å². The van der Waals surface area contributed by atoms with E-state index in [4.69, 9.17) is 9.47 Å². The molecule has 1 heterocycles. The van der Waals surface area contributed by atoms with E-state index >= 15 is 0 Å². The summed E-state index contributed by atoms with van der Waals surface area (Å²) in [7, 11) is 0. The molecule has 1 aliphatic heterocycles. The third-order valence-corrected chi connectivity index (χ3v) is 6.23. The van der Waals surface area contributed by atoms with Crippen molar-refractivity contribution in [3.05, 3.63) is 131 Å². The van der Waals surface area contributed by atoms with Crippen molar-refractivity contribution in [1.29, 1.82) is 0 Å². The molecule has 0 atom stereocenters. The highest BCUT2D eigenvalue weighted by molar-refractivity contribution is 6.39. The normalized spacial score (nSPS) is 14.1. The Bertz CT molecular complexity index is 1630. The smallest absolute Gasteiger partial charge is 0.339 e. The number of barbiturate groups is 1. The lowest BCUT2D eigenvalue weighted by atomic mass is 10.0. The summed E-state index contributed by atoms with van der Waals surface area (Å²) in [6.07, 6.45) is 1.24. The number of benzene rings is 4. The maximum atomic E-state index is 13.3. The Morgan fingerprint density at radius 3 is 2.00 bits per heavy atom. The summed E-state index contributed by atoms with van der Waals surface area (Å²) in [5, 5.41) is 11.9. The number of rotatable bonds is 9. The number of carbonyl (C=O) groups is 4. The summed E-state index contributed by atoms with van der Waals surface area (Å²) in [6, 6.07) is 28.5. The van der Waals surface area contributed by atoms with E-state index in [0.717, 1.165) is 16.0 Å². The minimum atomic E-state index is -1.24. The number of carbonyl (C=O) groups excluding carboxylic acids is 3. The Labute approximate surface area is 235 Å². The Balaban J connectivity index is 1.34. The van der Waals surface area contributed by atoms with E-state index in [-0.39, 0.29) is 34.7 Å². The number of urea groups is 1. The Kier molecular flexibility index (Phi) is 7.87. The van der Waals surface area contributed by atoms with Crippen molar-refractivity contribution in [2.45, 2.75) is 13.2 Å². The average molecular weight is 549 g/mol. The maximum Gasteiger partial charge on any atom is 0.339 e. The number of imide groups is 2. The molecule has 0 aromatic heterocycles. The molecule has 1 fully saturated rings. The lowest BCUT2D eigenvalue weighted by Crippen LogP contribution is -2.54. The zero-order valence-electron chi connectivity index (χ0n) is 21.7. The van der Waals surface area contributed by atoms with Gasteiger partial charge >= 0.3 is 12.0 Å². The van der Waals surface area contributed by atoms with Crippen LogP contribution in [0, 0.1) is 0 Å². The molecule has 0 bridgehead atoms. The molecule has 0 unspecified atom stereocenters. The van der Waals surface area contributed by atoms with E-state index in [0.29, 0.717) is 12.4 Å². The molecule has 4 aromatic rings. The molecular formula is C32H24N2O7. The van der Waals surface area contributed by atoms with Gasteiger partial charge in [0, 0.05) is 0 Å². The van der Waals surface area contributed by atoms with Gasteiger partial charge in [0.25, 0.3) is 11.8 Å². The number of anilines is 1. The summed E-state index contributed by atoms with van der Waals surface area (Å²) < 4.78 is 11.5. The van der Waals surface area contributed by atoms with Gasteiger partial charge < -0.3 is 14.6 Å². The number of carboxylic acids is 1. The van der Waals surface area contributed by atoms with Gasteiger partial charge in [0.05, 0.1) is 5.69 Å². The second-order valence-electron chi connectivity index (χ2n) is 9.06. The van der Waals surface area contributed by atoms with Crippen molar-refractivity contribution in [3.8, 4) is 11.5 Å². The first kappa shape index (κ1) is 26.9. The molecule has 204 valence electrons. The third kappa shape index (κ3) is 6.31. The van der Waals surface area contributed by atoms with Crippen molar-refractivity contribution in [2.24, 2.45) is 0 Å². The van der Waals surface area contributed by atoms with Crippen LogP contribution in [0.1, 0.15) is 27.0 Å². The molecule has 1 saturated heterocycles. The zero-order valence-corrected chi connectivity index (χ0v) is 21.7. The second-order valence-corrected chi connectivity index (χ2v) is 9.06. The van der Waals surface area contributed by atoms with Crippen LogP contribution in [0.4, 0.5) is 10.5 Å². The summed E-state index contributed by atoms with van der Waals surface area (Å²) in [5.41, 5.74) is 1.87. The van der Waals surface area contributed by atoms with Gasteiger partial charge in [-0.2, -0.15) is 0 Å². The molecule has 0 radical (unpaired) electrons. The van der Waals surface area contributed by atoms with Gasteiger partial charge in [0.1, 0.15) is 35.8 Å². The van der Waals surface area contributed by atoms with E-state index in [9.17, 15) is 24.3 Å². The number of nitrogens with zero attached hydrogens (tertiary/aromatic N) is 1. The minimum Gasteiger partial charge on any atom is -0.489 e. The molecule has 41 heavy (non-hydrogen) atoms. The van der Waals surface area contributed by atoms with Crippen LogP contribution in [-0.4, -0.2) is 28.9 Å². The first-order valence-electron chi connectivity index (χ1n) is 12.6. The van der Waals surface area contributed by atoms with Gasteiger partial charge in [0.15, 0.2) is 0 Å². The molecule has 9 nitrogen and oxygen atoms in total. The van der Waals surface area contributed by atoms with Gasteiger partial charge in [-0.3, -0.25) is 14.9 Å². The number of carboxylic acid groups (broad SMARTS) is 1. The quantitative estimate of drug-likeness (QED) is 0.218. The molecule has 2 N–H and O–H groups in total. The predicted molar refractivity (Wildman–Crippen MR) is 150 cm³/mol. The number of ether oxygens (including phenoxy) is 2. The highest BCUT2D eigenvalue weighted by Crippen LogP contribution is 2.27. The van der Waals surface area contributed by atoms with Crippen LogP contribution in [0.25, 0.3) is 6.08 Å². The van der Waals surface area contributed by atoms with Gasteiger partial charge in [-0.15, -0.1) is 0 Å². The molecule has 0 spiro atoms. The van der Waals surface area contributed by atoms with Crippen LogP contribution >= 0.6 is 0 Å². The van der Waals surface area contributed by atoms with Crippen molar-refractivity contribution in [1.82, 2.24) is 5.32 Å². The van der Waals surface area contributed by atoms with E-state index in [1.54, 1.807) is 12.1 Å². The monoisotopic (exact) mass is 548 g/mol. The van der Waals surface area contributed by atoms with E-state index in [1.165, 1.54) is 36.4 Å². The predicted octanol–water partition coefficient (Wildman–Crippen LogP) is 5.21. The molecule has 4 amide bonds. The fourth-order valence-electron chi connectivity index (χ4n) is 4.16. The molecule has 4 aromatic carbocycles. The number of hydrogen-bond acceptors (Lipinski definition) is 6. The fourth-order valence-corrected chi connectivity index (χ4v) is 4.16. The molecule has 1 aliphatic rings. The zero-order chi connectivity index (χ0) is 28.8. The summed E-state index contributed by atoms with van der Waals surface area (Å²) in [4.78, 5) is 51.3. The molecule has 9 heteroatoms. The van der Waals surface area contributed by atoms with Crippen LogP contribution in [0.15, 0.2) is 109 Å². The van der Waals surface area contributed by atoms with E-state index in [1.807, 2.05) is 60.7 Å². The topological polar surface area (TPSA) is 122 Å². The van der Waals surface area contributed by atoms with Crippen molar-refractivity contribution in [3.63, 3.8) is 0 Å². The van der Waals surface area contributed by atoms with Crippen LogP contribution < -0.4 is 19.7 Å². The summed E-state index contributed by atoms with van der Waals surface area (Å²) in [5.74, 6) is -2.31. The Hall–Kier alpha value is -5.70. The first-order chi connectivity index (χ1) is 19.9. The lowest BCUT2D eigenvalue weighted by Gasteiger charge is -2.26. The van der Waals surface area contributed by atoms with Crippen LogP contribution in [-0.2, 0) is 22.8 Å². The minimum absolute atomic E-state index is 0.134. The third-order valence-electron chi connectivity index (χ3n) is 6.23. The SMILES string of the molecule is O=C1NC(=O)N(c2ccc(OCc3ccccc3)cc2)C(=O)/C1=C\c1ccc(OCc2ccccc2)c(C(=O)O)c1. The fraction of sp³-hybridized carbons (Fsp3) is 0.0625. The van der Waals surface area contributed by atoms with E-state index < -0.39 is 23.8 Å². The lowest BCUT2D eigenvalue weighted by molar-refractivity contribution is -0.122. The first-order valence-corrected chi connectivity index (χ1v) is 12.6. The summed E-state index contributed by atoms with van der Waals surface area (Å²) >= 11 is 0. The van der Waals surface area contributed by atoms with Crippen LogP contribution in [0.3, 0.4) is 0 Å². The number of hydrogen-bond donors (Lipinski definition) is 2. The van der Waals surface area contributed by atoms with Crippen molar-refractivity contribution < 1.29 is 33.8 Å². The molecule has 5 rings (SSSR count). The maximum absolute atomic E-state index is 13.3. The van der Waals surface area contributed by atoms with E-state index in [2.05, 4.69) is 5.32 Å². The standard InChI is InChI=1S/C32H24N2O7/c35-29-27(18-23-11-16-28(26(17-23)31(37)38)41-20-22-9-5-2-6-10-22)30(36)34(32(39)33-29)24-12-14-25(15-13-24)40-19-21-7-3-1-4-8-21/h1-18H,19-20H2,(H,37,38)(H,33,35,39)/b27-18-. The second kappa shape index (κ2) is 12.0.